The summed E-state index contributed by atoms with van der Waals surface area (Å²) in [6, 6.07) is -1.05. The summed E-state index contributed by atoms with van der Waals surface area (Å²) >= 11 is 0. The van der Waals surface area contributed by atoms with Crippen molar-refractivity contribution in [2.45, 2.75) is 45.7 Å². The van der Waals surface area contributed by atoms with E-state index in [1.54, 1.807) is 13.8 Å². The van der Waals surface area contributed by atoms with Crippen LogP contribution in [0.2, 0.25) is 0 Å². The average molecular weight is 255 g/mol. The van der Waals surface area contributed by atoms with Gasteiger partial charge in [0.2, 0.25) is 17.7 Å². The third-order valence-electron chi connectivity index (χ3n) is 2.95. The lowest BCUT2D eigenvalue weighted by Gasteiger charge is -2.18. The number of carbonyl (C=O) groups excluding carboxylic acids is 3. The number of rotatable bonds is 6. The van der Waals surface area contributed by atoms with Crippen molar-refractivity contribution in [2.24, 2.45) is 0 Å². The Morgan fingerprint density at radius 2 is 2.11 bits per heavy atom. The highest BCUT2D eigenvalue weighted by Crippen LogP contribution is 2.12. The molecule has 102 valence electrons. The third-order valence-corrected chi connectivity index (χ3v) is 2.95. The van der Waals surface area contributed by atoms with Crippen LogP contribution < -0.4 is 10.6 Å². The van der Waals surface area contributed by atoms with E-state index in [9.17, 15) is 14.4 Å². The number of nitrogens with zero attached hydrogens (tertiary/aromatic N) is 1. The second-order valence-electron chi connectivity index (χ2n) is 4.41. The molecule has 0 aromatic carbocycles. The first kappa shape index (κ1) is 14.6. The van der Waals surface area contributed by atoms with E-state index in [-0.39, 0.29) is 24.1 Å². The van der Waals surface area contributed by atoms with E-state index in [4.69, 9.17) is 0 Å². The molecule has 1 rings (SSSR count). The summed E-state index contributed by atoms with van der Waals surface area (Å²) in [7, 11) is 0. The monoisotopic (exact) mass is 255 g/mol. The third kappa shape index (κ3) is 3.29. The average Bonchev–Trinajstić information content (AvgIpc) is 2.60. The molecule has 18 heavy (non-hydrogen) atoms. The van der Waals surface area contributed by atoms with Gasteiger partial charge in [0.1, 0.15) is 0 Å². The van der Waals surface area contributed by atoms with E-state index in [2.05, 4.69) is 10.6 Å². The summed E-state index contributed by atoms with van der Waals surface area (Å²) < 4.78 is 0. The first-order chi connectivity index (χ1) is 8.51. The van der Waals surface area contributed by atoms with Crippen LogP contribution in [-0.2, 0) is 14.4 Å². The smallest absolute Gasteiger partial charge is 0.246 e. The quantitative estimate of drug-likeness (QED) is 0.635. The maximum Gasteiger partial charge on any atom is 0.246 e. The number of hydrogen-bond acceptors (Lipinski definition) is 4. The van der Waals surface area contributed by atoms with Crippen molar-refractivity contribution < 1.29 is 14.4 Å². The number of hydrogen-bond donors (Lipinski definition) is 2. The molecule has 0 radical (unpaired) electrons. The molecule has 1 saturated heterocycles. The molecule has 1 heterocycles. The molecule has 0 bridgehead atoms. The van der Waals surface area contributed by atoms with Crippen molar-refractivity contribution in [2.75, 3.05) is 13.1 Å². The van der Waals surface area contributed by atoms with Crippen molar-refractivity contribution in [1.29, 1.82) is 0 Å². The van der Waals surface area contributed by atoms with Gasteiger partial charge in [-0.05, 0) is 20.3 Å². The molecule has 1 aliphatic rings. The summed E-state index contributed by atoms with van der Waals surface area (Å²) in [6.45, 7) is 6.42. The Labute approximate surface area is 107 Å². The lowest BCUT2D eigenvalue weighted by Crippen LogP contribution is -2.49. The van der Waals surface area contributed by atoms with Gasteiger partial charge in [-0.3, -0.25) is 24.6 Å². The van der Waals surface area contributed by atoms with E-state index >= 15 is 0 Å². The predicted octanol–water partition coefficient (Wildman–Crippen LogP) is -0.362. The maximum absolute atomic E-state index is 11.8. The van der Waals surface area contributed by atoms with Crippen molar-refractivity contribution in [3.05, 3.63) is 0 Å². The number of imide groups is 1. The standard InChI is InChI=1S/C12H21N3O3/c1-4-6-13-11(17)8(3)14-9-7-10(16)15(5-2)12(9)18/h8-9,14H,4-7H2,1-3H3,(H,13,17). The van der Waals surface area contributed by atoms with Crippen molar-refractivity contribution >= 4 is 17.7 Å². The van der Waals surface area contributed by atoms with E-state index in [0.717, 1.165) is 6.42 Å². The number of likely N-dealkylation sites (N-methyl/N-ethyl adjacent to an activating group) is 1. The fourth-order valence-corrected chi connectivity index (χ4v) is 1.92. The number of nitrogens with one attached hydrogen (secondary N) is 2. The molecule has 2 atom stereocenters. The topological polar surface area (TPSA) is 78.5 Å². The summed E-state index contributed by atoms with van der Waals surface area (Å²) in [6.07, 6.45) is 1.00. The number of amides is 3. The largest absolute Gasteiger partial charge is 0.355 e. The molecule has 1 aliphatic heterocycles. The summed E-state index contributed by atoms with van der Waals surface area (Å²) in [4.78, 5) is 36.2. The fraction of sp³-hybridized carbons (Fsp3) is 0.750. The molecule has 6 nitrogen and oxygen atoms in total. The highest BCUT2D eigenvalue weighted by atomic mass is 16.2. The molecule has 0 aliphatic carbocycles. The zero-order valence-electron chi connectivity index (χ0n) is 11.2. The molecule has 6 heteroatoms. The van der Waals surface area contributed by atoms with Gasteiger partial charge in [0.05, 0.1) is 18.5 Å². The number of likely N-dealkylation sites (tertiary alicyclic amines) is 1. The molecule has 0 aromatic heterocycles. The molecular weight excluding hydrogens is 234 g/mol. The molecule has 0 aromatic rings. The molecule has 3 amide bonds. The second-order valence-corrected chi connectivity index (χ2v) is 4.41. The normalized spacial score (nSPS) is 21.3. The van der Waals surface area contributed by atoms with Crippen molar-refractivity contribution in [3.8, 4) is 0 Å². The van der Waals surface area contributed by atoms with E-state index in [0.29, 0.717) is 13.1 Å². The lowest BCUT2D eigenvalue weighted by atomic mass is 10.2. The molecular formula is C12H21N3O3. The van der Waals surface area contributed by atoms with Gasteiger partial charge >= 0.3 is 0 Å². The second kappa shape index (κ2) is 6.49. The highest BCUT2D eigenvalue weighted by Gasteiger charge is 2.38. The first-order valence-corrected chi connectivity index (χ1v) is 6.39. The van der Waals surface area contributed by atoms with Crippen molar-refractivity contribution in [1.82, 2.24) is 15.5 Å². The van der Waals surface area contributed by atoms with Gasteiger partial charge in [0, 0.05) is 13.1 Å². The van der Waals surface area contributed by atoms with Crippen LogP contribution in [0.1, 0.15) is 33.6 Å². The van der Waals surface area contributed by atoms with Gasteiger partial charge in [-0.1, -0.05) is 6.92 Å². The van der Waals surface area contributed by atoms with Crippen LogP contribution in [0, 0.1) is 0 Å². The Kier molecular flexibility index (Phi) is 5.27. The Hall–Kier alpha value is -1.43. The van der Waals surface area contributed by atoms with Crippen LogP contribution in [0.5, 0.6) is 0 Å². The maximum atomic E-state index is 11.8. The zero-order valence-corrected chi connectivity index (χ0v) is 11.2. The van der Waals surface area contributed by atoms with Gasteiger partial charge in [0.15, 0.2) is 0 Å². The van der Waals surface area contributed by atoms with Crippen LogP contribution in [-0.4, -0.2) is 47.8 Å². The Balaban J connectivity index is 2.50. The SMILES string of the molecule is CCCNC(=O)C(C)NC1CC(=O)N(CC)C1=O. The minimum Gasteiger partial charge on any atom is -0.355 e. The Morgan fingerprint density at radius 1 is 1.44 bits per heavy atom. The zero-order chi connectivity index (χ0) is 13.7. The van der Waals surface area contributed by atoms with Crippen LogP contribution >= 0.6 is 0 Å². The van der Waals surface area contributed by atoms with Gasteiger partial charge in [0.25, 0.3) is 0 Å². The summed E-state index contributed by atoms with van der Waals surface area (Å²) in [5.74, 6) is -0.564. The fourth-order valence-electron chi connectivity index (χ4n) is 1.92. The van der Waals surface area contributed by atoms with E-state index in [1.165, 1.54) is 4.90 Å². The lowest BCUT2D eigenvalue weighted by molar-refractivity contribution is -0.138. The molecule has 0 saturated carbocycles. The molecule has 2 N–H and O–H groups in total. The Morgan fingerprint density at radius 3 is 2.61 bits per heavy atom. The van der Waals surface area contributed by atoms with Crippen LogP contribution in [0.25, 0.3) is 0 Å². The highest BCUT2D eigenvalue weighted by molar-refractivity contribution is 6.05. The molecule has 1 fully saturated rings. The summed E-state index contributed by atoms with van der Waals surface area (Å²) in [5.41, 5.74) is 0. The van der Waals surface area contributed by atoms with E-state index < -0.39 is 12.1 Å². The van der Waals surface area contributed by atoms with Crippen LogP contribution in [0.4, 0.5) is 0 Å². The molecule has 0 spiro atoms. The van der Waals surface area contributed by atoms with Crippen LogP contribution in [0.15, 0.2) is 0 Å². The van der Waals surface area contributed by atoms with Gasteiger partial charge in [-0.15, -0.1) is 0 Å². The minimum absolute atomic E-state index is 0.137. The minimum atomic E-state index is -0.570. The van der Waals surface area contributed by atoms with E-state index in [1.807, 2.05) is 6.92 Å². The van der Waals surface area contributed by atoms with Crippen molar-refractivity contribution in [3.63, 3.8) is 0 Å². The van der Waals surface area contributed by atoms with Crippen LogP contribution in [0.3, 0.4) is 0 Å². The van der Waals surface area contributed by atoms with Gasteiger partial charge < -0.3 is 5.32 Å². The van der Waals surface area contributed by atoms with Gasteiger partial charge in [-0.2, -0.15) is 0 Å². The molecule has 2 unspecified atom stereocenters. The van der Waals surface area contributed by atoms with Gasteiger partial charge in [-0.25, -0.2) is 0 Å². The Bertz CT molecular complexity index is 343. The number of carbonyl (C=O) groups is 3. The summed E-state index contributed by atoms with van der Waals surface area (Å²) in [5, 5.41) is 5.65. The predicted molar refractivity (Wildman–Crippen MR) is 66.7 cm³/mol. The first-order valence-electron chi connectivity index (χ1n) is 6.39.